The van der Waals surface area contributed by atoms with Gasteiger partial charge in [0.25, 0.3) is 0 Å². The number of rotatable bonds is 8. The van der Waals surface area contributed by atoms with Gasteiger partial charge in [-0.15, -0.1) is 0 Å². The molecule has 1 fully saturated rings. The van der Waals surface area contributed by atoms with Gasteiger partial charge in [-0.2, -0.15) is 0 Å². The zero-order chi connectivity index (χ0) is 19.6. The Kier molecular flexibility index (Phi) is 8.50. The molecule has 1 heterocycles. The second kappa shape index (κ2) is 10.9. The lowest BCUT2D eigenvalue weighted by Gasteiger charge is -2.35. The third-order valence-corrected chi connectivity index (χ3v) is 4.53. The molecular weight excluding hydrogens is 348 g/mol. The molecule has 0 aromatic heterocycles. The number of nitrogens with one attached hydrogen (secondary N) is 2. The standard InChI is InChI=1S/C19H30N4O4/c1-22(2)16-6-4-15(5-7-16)17(23-9-12-27-13-10-23)14-21-19(25)18(24)20-8-11-26-3/h4-7,17H,8-14H2,1-3H3,(H,20,24)(H,21,25). The van der Waals surface area contributed by atoms with Crippen LogP contribution in [0.15, 0.2) is 24.3 Å². The van der Waals surface area contributed by atoms with E-state index < -0.39 is 11.8 Å². The fourth-order valence-electron chi connectivity index (χ4n) is 2.96. The van der Waals surface area contributed by atoms with Gasteiger partial charge >= 0.3 is 11.8 Å². The van der Waals surface area contributed by atoms with Crippen LogP contribution in [0.1, 0.15) is 11.6 Å². The third-order valence-electron chi connectivity index (χ3n) is 4.53. The fourth-order valence-corrected chi connectivity index (χ4v) is 2.96. The van der Waals surface area contributed by atoms with E-state index in [-0.39, 0.29) is 6.04 Å². The van der Waals surface area contributed by atoms with Crippen LogP contribution in [0.2, 0.25) is 0 Å². The molecule has 1 aliphatic heterocycles. The van der Waals surface area contributed by atoms with Crippen LogP contribution in [-0.2, 0) is 19.1 Å². The first-order valence-electron chi connectivity index (χ1n) is 9.17. The maximum atomic E-state index is 12.1. The van der Waals surface area contributed by atoms with Crippen LogP contribution in [0.4, 0.5) is 5.69 Å². The maximum Gasteiger partial charge on any atom is 0.309 e. The summed E-state index contributed by atoms with van der Waals surface area (Å²) in [7, 11) is 5.54. The first-order chi connectivity index (χ1) is 13.0. The average Bonchev–Trinajstić information content (AvgIpc) is 2.69. The Morgan fingerprint density at radius 2 is 1.78 bits per heavy atom. The Hall–Kier alpha value is -2.16. The molecule has 1 unspecified atom stereocenters. The molecule has 1 atom stereocenters. The molecule has 1 aromatic carbocycles. The van der Waals surface area contributed by atoms with E-state index in [0.717, 1.165) is 24.3 Å². The number of hydrogen-bond donors (Lipinski definition) is 2. The van der Waals surface area contributed by atoms with E-state index in [4.69, 9.17) is 9.47 Å². The largest absolute Gasteiger partial charge is 0.383 e. The van der Waals surface area contributed by atoms with Crippen LogP contribution in [0.5, 0.6) is 0 Å². The molecule has 8 nitrogen and oxygen atoms in total. The van der Waals surface area contributed by atoms with Crippen molar-refractivity contribution in [2.24, 2.45) is 0 Å². The van der Waals surface area contributed by atoms with E-state index >= 15 is 0 Å². The van der Waals surface area contributed by atoms with E-state index in [1.807, 2.05) is 19.0 Å². The average molecular weight is 378 g/mol. The Bertz CT molecular complexity index is 600. The molecule has 0 spiro atoms. The zero-order valence-corrected chi connectivity index (χ0v) is 16.4. The highest BCUT2D eigenvalue weighted by Gasteiger charge is 2.24. The molecule has 27 heavy (non-hydrogen) atoms. The van der Waals surface area contributed by atoms with Crippen LogP contribution >= 0.6 is 0 Å². The number of carbonyl (C=O) groups is 2. The number of morpholine rings is 1. The predicted octanol–water partition coefficient (Wildman–Crippen LogP) is 0.00470. The highest BCUT2D eigenvalue weighted by atomic mass is 16.5. The van der Waals surface area contributed by atoms with E-state index in [1.54, 1.807) is 7.11 Å². The Labute approximate surface area is 160 Å². The van der Waals surface area contributed by atoms with E-state index in [1.165, 1.54) is 0 Å². The van der Waals surface area contributed by atoms with Gasteiger partial charge in [0.2, 0.25) is 0 Å². The van der Waals surface area contributed by atoms with Crippen molar-refractivity contribution in [2.75, 3.05) is 72.1 Å². The first-order valence-corrected chi connectivity index (χ1v) is 9.17. The number of benzene rings is 1. The lowest BCUT2D eigenvalue weighted by molar-refractivity contribution is -0.139. The monoisotopic (exact) mass is 378 g/mol. The van der Waals surface area contributed by atoms with Gasteiger partial charge < -0.3 is 25.0 Å². The summed E-state index contributed by atoms with van der Waals surface area (Å²) in [5.74, 6) is -1.27. The molecule has 0 bridgehead atoms. The second-order valence-corrected chi connectivity index (χ2v) is 6.61. The normalized spacial score (nSPS) is 15.8. The summed E-state index contributed by atoms with van der Waals surface area (Å²) in [4.78, 5) is 28.2. The summed E-state index contributed by atoms with van der Waals surface area (Å²) in [6.45, 7) is 3.94. The first kappa shape index (κ1) is 21.1. The molecule has 1 saturated heterocycles. The lowest BCUT2D eigenvalue weighted by atomic mass is 10.0. The highest BCUT2D eigenvalue weighted by molar-refractivity contribution is 6.35. The highest BCUT2D eigenvalue weighted by Crippen LogP contribution is 2.23. The number of anilines is 1. The van der Waals surface area contributed by atoms with Crippen molar-refractivity contribution in [2.45, 2.75) is 6.04 Å². The molecule has 2 rings (SSSR count). The van der Waals surface area contributed by atoms with Crippen molar-refractivity contribution >= 4 is 17.5 Å². The minimum absolute atomic E-state index is 0.0131. The molecule has 0 radical (unpaired) electrons. The van der Waals surface area contributed by atoms with Gasteiger partial charge in [-0.1, -0.05) is 12.1 Å². The second-order valence-electron chi connectivity index (χ2n) is 6.61. The van der Waals surface area contributed by atoms with E-state index in [2.05, 4.69) is 39.8 Å². The number of carbonyl (C=O) groups excluding carboxylic acids is 2. The predicted molar refractivity (Wildman–Crippen MR) is 104 cm³/mol. The quantitative estimate of drug-likeness (QED) is 0.490. The minimum Gasteiger partial charge on any atom is -0.383 e. The van der Waals surface area contributed by atoms with Gasteiger partial charge in [-0.3, -0.25) is 14.5 Å². The van der Waals surface area contributed by atoms with Gasteiger partial charge in [0, 0.05) is 53.1 Å². The third kappa shape index (κ3) is 6.50. The van der Waals surface area contributed by atoms with Gasteiger partial charge in [-0.25, -0.2) is 0 Å². The van der Waals surface area contributed by atoms with Gasteiger partial charge in [0.1, 0.15) is 0 Å². The van der Waals surface area contributed by atoms with E-state index in [0.29, 0.717) is 32.9 Å². The molecular formula is C19H30N4O4. The molecule has 0 aliphatic carbocycles. The summed E-state index contributed by atoms with van der Waals surface area (Å²) >= 11 is 0. The van der Waals surface area contributed by atoms with Crippen LogP contribution < -0.4 is 15.5 Å². The van der Waals surface area contributed by atoms with Crippen LogP contribution in [0.3, 0.4) is 0 Å². The smallest absolute Gasteiger partial charge is 0.309 e. The van der Waals surface area contributed by atoms with Gasteiger partial charge in [-0.05, 0) is 17.7 Å². The molecule has 2 amide bonds. The summed E-state index contributed by atoms with van der Waals surface area (Å²) < 4.78 is 10.3. The maximum absolute atomic E-state index is 12.1. The lowest BCUT2D eigenvalue weighted by Crippen LogP contribution is -2.47. The van der Waals surface area contributed by atoms with Crippen molar-refractivity contribution < 1.29 is 19.1 Å². The summed E-state index contributed by atoms with van der Waals surface area (Å²) in [6, 6.07) is 8.24. The molecule has 1 aromatic rings. The van der Waals surface area contributed by atoms with Crippen molar-refractivity contribution in [1.29, 1.82) is 0 Å². The minimum atomic E-state index is -0.643. The molecule has 0 saturated carbocycles. The Balaban J connectivity index is 2.02. The van der Waals surface area contributed by atoms with Crippen LogP contribution in [-0.4, -0.2) is 83.9 Å². The van der Waals surface area contributed by atoms with Crippen molar-refractivity contribution in [3.63, 3.8) is 0 Å². The van der Waals surface area contributed by atoms with Crippen molar-refractivity contribution in [1.82, 2.24) is 15.5 Å². The number of amides is 2. The zero-order valence-electron chi connectivity index (χ0n) is 16.4. The molecule has 1 aliphatic rings. The summed E-state index contributed by atoms with van der Waals surface area (Å²) in [5, 5.41) is 5.29. The van der Waals surface area contributed by atoms with Gasteiger partial charge in [0.15, 0.2) is 0 Å². The van der Waals surface area contributed by atoms with Crippen LogP contribution in [0.25, 0.3) is 0 Å². The number of hydrogen-bond acceptors (Lipinski definition) is 6. The summed E-state index contributed by atoms with van der Waals surface area (Å²) in [5.41, 5.74) is 2.21. The van der Waals surface area contributed by atoms with Crippen molar-refractivity contribution in [3.05, 3.63) is 29.8 Å². The molecule has 2 N–H and O–H groups in total. The Morgan fingerprint density at radius 1 is 1.15 bits per heavy atom. The molecule has 150 valence electrons. The molecule has 8 heteroatoms. The van der Waals surface area contributed by atoms with Gasteiger partial charge in [0.05, 0.1) is 25.9 Å². The fraction of sp³-hybridized carbons (Fsp3) is 0.579. The number of methoxy groups -OCH3 is 1. The van der Waals surface area contributed by atoms with Crippen molar-refractivity contribution in [3.8, 4) is 0 Å². The number of nitrogens with zero attached hydrogens (tertiary/aromatic N) is 2. The van der Waals surface area contributed by atoms with Crippen LogP contribution in [0, 0.1) is 0 Å². The topological polar surface area (TPSA) is 83.1 Å². The summed E-state index contributed by atoms with van der Waals surface area (Å²) in [6.07, 6.45) is 0. The Morgan fingerprint density at radius 3 is 2.37 bits per heavy atom. The van der Waals surface area contributed by atoms with E-state index in [9.17, 15) is 9.59 Å². The number of ether oxygens (including phenoxy) is 2. The SMILES string of the molecule is COCCNC(=O)C(=O)NCC(c1ccc(N(C)C)cc1)N1CCOCC1.